The highest BCUT2D eigenvalue weighted by Crippen LogP contribution is 2.49. The lowest BCUT2D eigenvalue weighted by atomic mass is 9.60. The summed E-state index contributed by atoms with van der Waals surface area (Å²) in [6.07, 6.45) is 10.2. The number of anilines is 1. The molecule has 0 spiro atoms. The fraction of sp³-hybridized carbons (Fsp3) is 0.375. The van der Waals surface area contributed by atoms with E-state index in [1.54, 1.807) is 6.20 Å². The molecule has 0 saturated heterocycles. The molecule has 2 aliphatic rings. The Hall–Kier alpha value is -2.75. The molecule has 0 unspecified atom stereocenters. The number of carbonyl (C=O) groups is 2. The zero-order valence-corrected chi connectivity index (χ0v) is 16.5. The van der Waals surface area contributed by atoms with Gasteiger partial charge >= 0.3 is 0 Å². The van der Waals surface area contributed by atoms with Crippen LogP contribution in [0.1, 0.15) is 66.2 Å². The van der Waals surface area contributed by atoms with E-state index in [0.717, 1.165) is 36.2 Å². The van der Waals surface area contributed by atoms with Gasteiger partial charge in [0, 0.05) is 24.6 Å². The van der Waals surface area contributed by atoms with Gasteiger partial charge in [0.1, 0.15) is 5.78 Å². The van der Waals surface area contributed by atoms with E-state index >= 15 is 0 Å². The minimum absolute atomic E-state index is 0.0295. The molecule has 4 heteroatoms. The van der Waals surface area contributed by atoms with Crippen LogP contribution in [0.4, 0.5) is 5.69 Å². The molecular weight excluding hydrogens is 348 g/mol. The fourth-order valence-electron chi connectivity index (χ4n) is 4.92. The molecule has 0 bridgehead atoms. The number of nitrogens with zero attached hydrogens (tertiary/aromatic N) is 1. The number of ketones is 1. The average Bonchev–Trinajstić information content (AvgIpc) is 2.86. The largest absolute Gasteiger partial charge is 0.320 e. The maximum absolute atomic E-state index is 12.8. The normalized spacial score (nSPS) is 23.5. The van der Waals surface area contributed by atoms with Crippen LogP contribution in [-0.2, 0) is 10.2 Å². The van der Waals surface area contributed by atoms with Crippen LogP contribution in [0.25, 0.3) is 6.08 Å². The van der Waals surface area contributed by atoms with Gasteiger partial charge in [0.2, 0.25) is 0 Å². The first kappa shape index (κ1) is 18.6. The molecule has 4 rings (SSSR count). The molecule has 2 atom stereocenters. The van der Waals surface area contributed by atoms with E-state index in [4.69, 9.17) is 0 Å². The molecular formula is C24H26N2O2. The van der Waals surface area contributed by atoms with Crippen LogP contribution in [0, 0.1) is 12.8 Å². The summed E-state index contributed by atoms with van der Waals surface area (Å²) < 4.78 is 0. The molecule has 1 saturated carbocycles. The molecule has 1 heterocycles. The smallest absolute Gasteiger partial charge is 0.255 e. The van der Waals surface area contributed by atoms with Crippen LogP contribution in [0.15, 0.2) is 42.6 Å². The molecule has 0 aliphatic heterocycles. The van der Waals surface area contributed by atoms with E-state index in [2.05, 4.69) is 35.4 Å². The first-order valence-corrected chi connectivity index (χ1v) is 10.1. The second-order valence-corrected chi connectivity index (χ2v) is 7.98. The zero-order valence-electron chi connectivity index (χ0n) is 16.5. The number of pyridine rings is 1. The van der Waals surface area contributed by atoms with Crippen molar-refractivity contribution >= 4 is 23.5 Å². The summed E-state index contributed by atoms with van der Waals surface area (Å²) in [7, 11) is 0. The van der Waals surface area contributed by atoms with Gasteiger partial charge in [-0.15, -0.1) is 0 Å². The van der Waals surface area contributed by atoms with E-state index in [1.165, 1.54) is 5.56 Å². The van der Waals surface area contributed by atoms with Crippen LogP contribution in [0.3, 0.4) is 0 Å². The van der Waals surface area contributed by atoms with Gasteiger partial charge in [0.15, 0.2) is 0 Å². The second-order valence-electron chi connectivity index (χ2n) is 7.98. The Morgan fingerprint density at radius 1 is 1.32 bits per heavy atom. The highest BCUT2D eigenvalue weighted by molar-refractivity contribution is 6.05. The third-order valence-electron chi connectivity index (χ3n) is 6.56. The van der Waals surface area contributed by atoms with Crippen molar-refractivity contribution in [1.82, 2.24) is 4.98 Å². The van der Waals surface area contributed by atoms with Crippen molar-refractivity contribution < 1.29 is 9.59 Å². The summed E-state index contributed by atoms with van der Waals surface area (Å²) >= 11 is 0. The Bertz CT molecular complexity index is 963. The molecule has 2 aromatic rings. The summed E-state index contributed by atoms with van der Waals surface area (Å²) in [6.45, 7) is 4.11. The highest BCUT2D eigenvalue weighted by atomic mass is 16.1. The number of allylic oxidation sites excluding steroid dienone is 1. The van der Waals surface area contributed by atoms with Crippen LogP contribution in [0.2, 0.25) is 0 Å². The van der Waals surface area contributed by atoms with Gasteiger partial charge in [-0.25, -0.2) is 0 Å². The van der Waals surface area contributed by atoms with Gasteiger partial charge in [-0.3, -0.25) is 14.6 Å². The zero-order chi connectivity index (χ0) is 19.7. The Morgan fingerprint density at radius 3 is 2.96 bits per heavy atom. The van der Waals surface area contributed by atoms with E-state index in [9.17, 15) is 9.59 Å². The molecule has 28 heavy (non-hydrogen) atoms. The molecule has 0 radical (unpaired) electrons. The first-order chi connectivity index (χ1) is 13.5. The van der Waals surface area contributed by atoms with Gasteiger partial charge in [-0.2, -0.15) is 0 Å². The Kier molecular flexibility index (Phi) is 4.88. The predicted molar refractivity (Wildman–Crippen MR) is 111 cm³/mol. The molecule has 1 fully saturated rings. The number of carbonyl (C=O) groups excluding carboxylic acids is 2. The van der Waals surface area contributed by atoms with Gasteiger partial charge in [-0.05, 0) is 72.9 Å². The summed E-state index contributed by atoms with van der Waals surface area (Å²) in [5.74, 6) is 0.611. The minimum Gasteiger partial charge on any atom is -0.320 e. The SMILES string of the molecule is CC[C@]12CCC(=O)C[C@H]1CC=Cc1cc(C(=O)Nc3cccnc3C)ccc12. The number of amides is 1. The Balaban J connectivity index is 1.68. The number of aryl methyl sites for hydroxylation is 1. The Labute approximate surface area is 166 Å². The number of benzene rings is 1. The molecule has 4 nitrogen and oxygen atoms in total. The van der Waals surface area contributed by atoms with E-state index in [0.29, 0.717) is 30.1 Å². The fourth-order valence-corrected chi connectivity index (χ4v) is 4.92. The monoisotopic (exact) mass is 374 g/mol. The number of aromatic nitrogens is 1. The number of fused-ring (bicyclic) bond motifs is 3. The predicted octanol–water partition coefficient (Wildman–Crippen LogP) is 5.08. The van der Waals surface area contributed by atoms with Crippen molar-refractivity contribution in [3.8, 4) is 0 Å². The summed E-state index contributed by atoms with van der Waals surface area (Å²) in [6, 6.07) is 9.70. The van der Waals surface area contributed by atoms with Gasteiger partial charge in [0.05, 0.1) is 11.4 Å². The molecule has 1 aromatic heterocycles. The molecule has 2 aliphatic carbocycles. The van der Waals surface area contributed by atoms with E-state index in [-0.39, 0.29) is 11.3 Å². The van der Waals surface area contributed by atoms with Crippen molar-refractivity contribution in [3.63, 3.8) is 0 Å². The number of rotatable bonds is 3. The lowest BCUT2D eigenvalue weighted by Gasteiger charge is -2.43. The van der Waals surface area contributed by atoms with Crippen LogP contribution >= 0.6 is 0 Å². The summed E-state index contributed by atoms with van der Waals surface area (Å²) in [5.41, 5.74) is 4.59. The van der Waals surface area contributed by atoms with Crippen molar-refractivity contribution in [2.45, 2.75) is 51.4 Å². The van der Waals surface area contributed by atoms with Crippen molar-refractivity contribution in [2.24, 2.45) is 5.92 Å². The minimum atomic E-state index is -0.127. The van der Waals surface area contributed by atoms with Gasteiger partial charge in [0.25, 0.3) is 5.91 Å². The van der Waals surface area contributed by atoms with Crippen molar-refractivity contribution in [1.29, 1.82) is 0 Å². The van der Waals surface area contributed by atoms with Crippen LogP contribution in [-0.4, -0.2) is 16.7 Å². The van der Waals surface area contributed by atoms with E-state index in [1.807, 2.05) is 31.2 Å². The lowest BCUT2D eigenvalue weighted by molar-refractivity contribution is -0.123. The first-order valence-electron chi connectivity index (χ1n) is 10.1. The number of nitrogens with one attached hydrogen (secondary N) is 1. The maximum Gasteiger partial charge on any atom is 0.255 e. The maximum atomic E-state index is 12.8. The number of Topliss-reactive ketones (excluding diaryl/α,β-unsaturated/α-hetero) is 1. The molecule has 1 amide bonds. The second kappa shape index (κ2) is 7.34. The third kappa shape index (κ3) is 3.17. The average molecular weight is 374 g/mol. The highest BCUT2D eigenvalue weighted by Gasteiger charge is 2.44. The van der Waals surface area contributed by atoms with Crippen LogP contribution in [0.5, 0.6) is 0 Å². The topological polar surface area (TPSA) is 59.1 Å². The number of hydrogen-bond acceptors (Lipinski definition) is 3. The number of hydrogen-bond donors (Lipinski definition) is 1. The standard InChI is InChI=1S/C24H26N2O2/c1-3-24-12-11-20(27)15-19(24)7-4-6-17-14-18(9-10-21(17)24)23(28)26-22-8-5-13-25-16(22)2/h4-6,8-10,13-14,19H,3,7,11-12,15H2,1-2H3,(H,26,28)/t19-,24+/m1/s1. The van der Waals surface area contributed by atoms with Gasteiger partial charge in [-0.1, -0.05) is 25.1 Å². The quantitative estimate of drug-likeness (QED) is 0.815. The van der Waals surface area contributed by atoms with Crippen molar-refractivity contribution in [3.05, 3.63) is 65.0 Å². The van der Waals surface area contributed by atoms with Crippen LogP contribution < -0.4 is 5.32 Å². The lowest BCUT2D eigenvalue weighted by Crippen LogP contribution is -2.40. The van der Waals surface area contributed by atoms with Gasteiger partial charge < -0.3 is 5.32 Å². The molecule has 144 valence electrons. The van der Waals surface area contributed by atoms with E-state index < -0.39 is 0 Å². The molecule has 1 N–H and O–H groups in total. The Morgan fingerprint density at radius 2 is 2.18 bits per heavy atom. The third-order valence-corrected chi connectivity index (χ3v) is 6.56. The summed E-state index contributed by atoms with van der Waals surface area (Å²) in [4.78, 5) is 29.1. The molecule has 1 aromatic carbocycles. The summed E-state index contributed by atoms with van der Waals surface area (Å²) in [5, 5.41) is 2.96. The van der Waals surface area contributed by atoms with Crippen molar-refractivity contribution in [2.75, 3.05) is 5.32 Å².